The standard InChI is InChI=1S/C15H25N7O3/c1-21(2)10-4-3-5-22(8-10)9-13(24)19-11-6-18-20-14(11)15(25)17-7-12(16)23/h6,10H,3-5,7-9H2,1-2H3,(H2,16,23)(H,17,25)(H,18,20)(H,19,24). The van der Waals surface area contributed by atoms with Gasteiger partial charge in [0.25, 0.3) is 5.91 Å². The Labute approximate surface area is 146 Å². The number of likely N-dealkylation sites (tertiary alicyclic amines) is 1. The number of nitrogens with two attached hydrogens (primary N) is 1. The fourth-order valence-electron chi connectivity index (χ4n) is 2.80. The van der Waals surface area contributed by atoms with Crippen LogP contribution in [-0.2, 0) is 9.59 Å². The second kappa shape index (κ2) is 8.58. The highest BCUT2D eigenvalue weighted by molar-refractivity contribution is 6.03. The number of anilines is 1. The first-order chi connectivity index (χ1) is 11.9. The lowest BCUT2D eigenvalue weighted by molar-refractivity contribution is -0.118. The molecule has 2 heterocycles. The van der Waals surface area contributed by atoms with Crippen molar-refractivity contribution in [2.45, 2.75) is 18.9 Å². The summed E-state index contributed by atoms with van der Waals surface area (Å²) in [7, 11) is 4.08. The second-order valence-corrected chi connectivity index (χ2v) is 6.35. The van der Waals surface area contributed by atoms with Crippen LogP contribution in [0.3, 0.4) is 0 Å². The summed E-state index contributed by atoms with van der Waals surface area (Å²) in [6, 6.07) is 0.436. The van der Waals surface area contributed by atoms with Crippen molar-refractivity contribution >= 4 is 23.4 Å². The summed E-state index contributed by atoms with van der Waals surface area (Å²) in [6.45, 7) is 1.66. The molecule has 10 nitrogen and oxygen atoms in total. The zero-order chi connectivity index (χ0) is 18.4. The van der Waals surface area contributed by atoms with Crippen molar-refractivity contribution in [3.05, 3.63) is 11.9 Å². The summed E-state index contributed by atoms with van der Waals surface area (Å²) in [6.07, 6.45) is 3.52. The number of piperidine rings is 1. The number of nitrogens with one attached hydrogen (secondary N) is 3. The number of primary amides is 1. The Balaban J connectivity index is 1.90. The predicted molar refractivity (Wildman–Crippen MR) is 91.9 cm³/mol. The second-order valence-electron chi connectivity index (χ2n) is 6.35. The van der Waals surface area contributed by atoms with Crippen LogP contribution in [0.25, 0.3) is 0 Å². The molecule has 1 unspecified atom stereocenters. The summed E-state index contributed by atoms with van der Waals surface area (Å²) in [5.41, 5.74) is 5.35. The van der Waals surface area contributed by atoms with E-state index in [2.05, 4.69) is 30.6 Å². The van der Waals surface area contributed by atoms with E-state index < -0.39 is 11.8 Å². The number of aromatic amines is 1. The van der Waals surface area contributed by atoms with E-state index in [1.165, 1.54) is 6.20 Å². The summed E-state index contributed by atoms with van der Waals surface area (Å²) in [4.78, 5) is 39.2. The van der Waals surface area contributed by atoms with Gasteiger partial charge in [-0.3, -0.25) is 24.4 Å². The van der Waals surface area contributed by atoms with Gasteiger partial charge in [0.1, 0.15) is 5.69 Å². The fourth-order valence-corrected chi connectivity index (χ4v) is 2.80. The zero-order valence-electron chi connectivity index (χ0n) is 14.5. The summed E-state index contributed by atoms with van der Waals surface area (Å²) in [5.74, 6) is -1.43. The number of carbonyl (C=O) groups excluding carboxylic acids is 3. The van der Waals surface area contributed by atoms with Crippen LogP contribution in [0.15, 0.2) is 6.20 Å². The first kappa shape index (κ1) is 18.9. The highest BCUT2D eigenvalue weighted by atomic mass is 16.2. The molecule has 1 saturated heterocycles. The Hall–Kier alpha value is -2.46. The van der Waals surface area contributed by atoms with Gasteiger partial charge in [-0.05, 0) is 33.5 Å². The molecule has 1 aliphatic heterocycles. The molecule has 0 aliphatic carbocycles. The van der Waals surface area contributed by atoms with Crippen molar-refractivity contribution in [1.29, 1.82) is 0 Å². The lowest BCUT2D eigenvalue weighted by Crippen LogP contribution is -2.47. The Morgan fingerprint density at radius 1 is 1.44 bits per heavy atom. The average Bonchev–Trinajstić information content (AvgIpc) is 3.00. The van der Waals surface area contributed by atoms with Gasteiger partial charge in [-0.15, -0.1) is 0 Å². The smallest absolute Gasteiger partial charge is 0.271 e. The molecule has 138 valence electrons. The number of hydrogen-bond acceptors (Lipinski definition) is 6. The molecule has 1 fully saturated rings. The van der Waals surface area contributed by atoms with E-state index in [9.17, 15) is 14.4 Å². The third-order valence-electron chi connectivity index (χ3n) is 4.14. The van der Waals surface area contributed by atoms with Crippen LogP contribution >= 0.6 is 0 Å². The molecule has 10 heteroatoms. The molecule has 1 aromatic rings. The molecule has 5 N–H and O–H groups in total. The quantitative estimate of drug-likeness (QED) is 0.476. The van der Waals surface area contributed by atoms with E-state index in [-0.39, 0.29) is 30.4 Å². The molecular weight excluding hydrogens is 326 g/mol. The number of likely N-dealkylation sites (N-methyl/N-ethyl adjacent to an activating group) is 1. The molecule has 0 bridgehead atoms. The van der Waals surface area contributed by atoms with Gasteiger partial charge in [-0.2, -0.15) is 5.10 Å². The Morgan fingerprint density at radius 2 is 2.20 bits per heavy atom. The lowest BCUT2D eigenvalue weighted by Gasteiger charge is -2.35. The van der Waals surface area contributed by atoms with Crippen LogP contribution in [0.2, 0.25) is 0 Å². The lowest BCUT2D eigenvalue weighted by atomic mass is 10.1. The van der Waals surface area contributed by atoms with Gasteiger partial charge in [0.15, 0.2) is 0 Å². The van der Waals surface area contributed by atoms with Gasteiger partial charge in [0.05, 0.1) is 25.0 Å². The highest BCUT2D eigenvalue weighted by Crippen LogP contribution is 2.15. The third kappa shape index (κ3) is 5.54. The molecule has 0 aromatic carbocycles. The van der Waals surface area contributed by atoms with Crippen LogP contribution in [0.5, 0.6) is 0 Å². The maximum atomic E-state index is 12.3. The number of aromatic nitrogens is 2. The fraction of sp³-hybridized carbons (Fsp3) is 0.600. The largest absolute Gasteiger partial charge is 0.368 e. The van der Waals surface area contributed by atoms with Crippen molar-refractivity contribution in [1.82, 2.24) is 25.3 Å². The summed E-state index contributed by atoms with van der Waals surface area (Å²) < 4.78 is 0. The number of nitrogens with zero attached hydrogens (tertiary/aromatic N) is 3. The van der Waals surface area contributed by atoms with E-state index >= 15 is 0 Å². The monoisotopic (exact) mass is 351 g/mol. The molecule has 0 saturated carbocycles. The van der Waals surface area contributed by atoms with E-state index in [1.807, 2.05) is 14.1 Å². The molecule has 2 rings (SSSR count). The predicted octanol–water partition coefficient (Wildman–Crippen LogP) is -1.41. The van der Waals surface area contributed by atoms with Crippen LogP contribution in [-0.4, -0.2) is 84.0 Å². The molecule has 3 amide bonds. The normalized spacial score (nSPS) is 18.1. The van der Waals surface area contributed by atoms with Crippen molar-refractivity contribution < 1.29 is 14.4 Å². The summed E-state index contributed by atoms with van der Waals surface area (Å²) in [5, 5.41) is 11.3. The Kier molecular flexibility index (Phi) is 6.48. The molecule has 25 heavy (non-hydrogen) atoms. The Bertz CT molecular complexity index is 628. The zero-order valence-corrected chi connectivity index (χ0v) is 14.5. The molecule has 0 radical (unpaired) electrons. The molecule has 1 aromatic heterocycles. The first-order valence-corrected chi connectivity index (χ1v) is 8.15. The highest BCUT2D eigenvalue weighted by Gasteiger charge is 2.23. The maximum Gasteiger partial charge on any atom is 0.271 e. The number of amides is 3. The van der Waals surface area contributed by atoms with Crippen LogP contribution in [0.1, 0.15) is 23.3 Å². The third-order valence-corrected chi connectivity index (χ3v) is 4.14. The topological polar surface area (TPSA) is 136 Å². The minimum atomic E-state index is -0.654. The van der Waals surface area contributed by atoms with Crippen molar-refractivity contribution in [2.75, 3.05) is 45.6 Å². The van der Waals surface area contributed by atoms with Crippen LogP contribution in [0.4, 0.5) is 5.69 Å². The van der Waals surface area contributed by atoms with Gasteiger partial charge in [0, 0.05) is 12.6 Å². The number of rotatable bonds is 7. The molecule has 0 spiro atoms. The maximum absolute atomic E-state index is 12.3. The van der Waals surface area contributed by atoms with Crippen LogP contribution < -0.4 is 16.4 Å². The number of H-pyrrole nitrogens is 1. The van der Waals surface area contributed by atoms with Crippen molar-refractivity contribution in [2.24, 2.45) is 5.73 Å². The number of carbonyl (C=O) groups is 3. The van der Waals surface area contributed by atoms with Gasteiger partial charge in [-0.1, -0.05) is 0 Å². The molecular formula is C15H25N7O3. The molecule has 1 aliphatic rings. The SMILES string of the molecule is CN(C)C1CCCN(CC(=O)Nc2cn[nH]c2C(=O)NCC(N)=O)C1. The number of hydrogen-bond donors (Lipinski definition) is 4. The van der Waals surface area contributed by atoms with Crippen molar-refractivity contribution in [3.63, 3.8) is 0 Å². The van der Waals surface area contributed by atoms with E-state index in [0.717, 1.165) is 25.9 Å². The van der Waals surface area contributed by atoms with E-state index in [4.69, 9.17) is 5.73 Å². The van der Waals surface area contributed by atoms with Gasteiger partial charge in [-0.25, -0.2) is 0 Å². The molecule has 1 atom stereocenters. The summed E-state index contributed by atoms with van der Waals surface area (Å²) >= 11 is 0. The van der Waals surface area contributed by atoms with E-state index in [0.29, 0.717) is 6.04 Å². The van der Waals surface area contributed by atoms with Crippen LogP contribution in [0, 0.1) is 0 Å². The van der Waals surface area contributed by atoms with Crippen molar-refractivity contribution in [3.8, 4) is 0 Å². The van der Waals surface area contributed by atoms with Gasteiger partial charge < -0.3 is 21.3 Å². The van der Waals surface area contributed by atoms with Gasteiger partial charge >= 0.3 is 0 Å². The first-order valence-electron chi connectivity index (χ1n) is 8.15. The van der Waals surface area contributed by atoms with Gasteiger partial charge in [0.2, 0.25) is 11.8 Å². The average molecular weight is 351 g/mol. The minimum absolute atomic E-state index is 0.0828. The Morgan fingerprint density at radius 3 is 2.88 bits per heavy atom. The van der Waals surface area contributed by atoms with E-state index in [1.54, 1.807) is 0 Å². The minimum Gasteiger partial charge on any atom is -0.368 e.